The van der Waals surface area contributed by atoms with Crippen molar-refractivity contribution in [3.05, 3.63) is 24.3 Å². The van der Waals surface area contributed by atoms with Crippen molar-refractivity contribution in [1.29, 1.82) is 0 Å². The second-order valence-electron chi connectivity index (χ2n) is 4.97. The van der Waals surface area contributed by atoms with Gasteiger partial charge in [0.2, 0.25) is 5.91 Å². The van der Waals surface area contributed by atoms with Crippen molar-refractivity contribution in [1.82, 2.24) is 4.90 Å². The summed E-state index contributed by atoms with van der Waals surface area (Å²) in [5.74, 6) is 2.88. The molecule has 0 unspecified atom stereocenters. The van der Waals surface area contributed by atoms with Gasteiger partial charge in [-0.1, -0.05) is 5.92 Å². The van der Waals surface area contributed by atoms with Gasteiger partial charge in [0.1, 0.15) is 0 Å². The largest absolute Gasteiger partial charge is 0.326 e. The SMILES string of the molecule is C#CCN1CCC(C(=O)Nc2ccc(SC)cc2)CC1. The number of benzene rings is 1. The number of thioether (sulfide) groups is 1. The highest BCUT2D eigenvalue weighted by Gasteiger charge is 2.24. The summed E-state index contributed by atoms with van der Waals surface area (Å²) < 4.78 is 0. The molecule has 20 heavy (non-hydrogen) atoms. The maximum atomic E-state index is 12.2. The van der Waals surface area contributed by atoms with Crippen LogP contribution in [0.4, 0.5) is 5.69 Å². The van der Waals surface area contributed by atoms with Gasteiger partial charge in [-0.15, -0.1) is 18.2 Å². The second-order valence-corrected chi connectivity index (χ2v) is 5.85. The molecule has 0 saturated carbocycles. The molecule has 1 aromatic rings. The summed E-state index contributed by atoms with van der Waals surface area (Å²) in [7, 11) is 0. The molecule has 0 aliphatic carbocycles. The van der Waals surface area contributed by atoms with Gasteiger partial charge in [0.05, 0.1) is 6.54 Å². The van der Waals surface area contributed by atoms with Crippen LogP contribution in [-0.2, 0) is 4.79 Å². The molecule has 1 fully saturated rings. The van der Waals surface area contributed by atoms with Crippen LogP contribution in [0.5, 0.6) is 0 Å². The normalized spacial score (nSPS) is 16.6. The minimum absolute atomic E-state index is 0.101. The molecule has 0 atom stereocenters. The molecule has 0 aromatic heterocycles. The van der Waals surface area contributed by atoms with Crippen LogP contribution in [0.3, 0.4) is 0 Å². The fraction of sp³-hybridized carbons (Fsp3) is 0.438. The van der Waals surface area contributed by atoms with E-state index < -0.39 is 0 Å². The molecule has 1 N–H and O–H groups in total. The quantitative estimate of drug-likeness (QED) is 0.683. The van der Waals surface area contributed by atoms with Crippen molar-refractivity contribution in [2.45, 2.75) is 17.7 Å². The molecule has 1 heterocycles. The molecule has 1 saturated heterocycles. The minimum Gasteiger partial charge on any atom is -0.326 e. The molecule has 1 aliphatic rings. The first-order chi connectivity index (χ1) is 9.72. The van der Waals surface area contributed by atoms with Gasteiger partial charge in [0, 0.05) is 16.5 Å². The first-order valence-electron chi connectivity index (χ1n) is 6.83. The molecule has 1 aliphatic heterocycles. The number of hydrogen-bond donors (Lipinski definition) is 1. The minimum atomic E-state index is 0.101. The van der Waals surface area contributed by atoms with Crippen molar-refractivity contribution in [2.24, 2.45) is 5.92 Å². The van der Waals surface area contributed by atoms with Gasteiger partial charge in [0.15, 0.2) is 0 Å². The number of anilines is 1. The van der Waals surface area contributed by atoms with Crippen LogP contribution in [0.15, 0.2) is 29.2 Å². The van der Waals surface area contributed by atoms with Crippen LogP contribution < -0.4 is 5.32 Å². The lowest BCUT2D eigenvalue weighted by Crippen LogP contribution is -2.38. The van der Waals surface area contributed by atoms with E-state index >= 15 is 0 Å². The van der Waals surface area contributed by atoms with Gasteiger partial charge >= 0.3 is 0 Å². The van der Waals surface area contributed by atoms with E-state index in [0.29, 0.717) is 6.54 Å². The number of piperidine rings is 1. The van der Waals surface area contributed by atoms with E-state index in [0.717, 1.165) is 31.6 Å². The highest BCUT2D eigenvalue weighted by molar-refractivity contribution is 7.98. The first kappa shape index (κ1) is 15.0. The number of carbonyl (C=O) groups is 1. The summed E-state index contributed by atoms with van der Waals surface area (Å²) in [6, 6.07) is 7.96. The van der Waals surface area contributed by atoms with E-state index in [4.69, 9.17) is 6.42 Å². The predicted molar refractivity (Wildman–Crippen MR) is 84.8 cm³/mol. The number of nitrogens with one attached hydrogen (secondary N) is 1. The maximum Gasteiger partial charge on any atom is 0.227 e. The monoisotopic (exact) mass is 288 g/mol. The molecule has 0 bridgehead atoms. The third-order valence-corrected chi connectivity index (χ3v) is 4.37. The van der Waals surface area contributed by atoms with Crippen molar-refractivity contribution in [2.75, 3.05) is 31.2 Å². The zero-order chi connectivity index (χ0) is 14.4. The number of carbonyl (C=O) groups excluding carboxylic acids is 1. The fourth-order valence-corrected chi connectivity index (χ4v) is 2.81. The van der Waals surface area contributed by atoms with Crippen molar-refractivity contribution in [3.63, 3.8) is 0 Å². The van der Waals surface area contributed by atoms with Crippen LogP contribution in [0, 0.1) is 18.3 Å². The topological polar surface area (TPSA) is 32.3 Å². The summed E-state index contributed by atoms with van der Waals surface area (Å²) >= 11 is 1.69. The Hall–Kier alpha value is -1.44. The average molecular weight is 288 g/mol. The lowest BCUT2D eigenvalue weighted by atomic mass is 9.96. The molecule has 1 aromatic carbocycles. The van der Waals surface area contributed by atoms with Crippen molar-refractivity contribution >= 4 is 23.4 Å². The molecule has 2 rings (SSSR count). The maximum absolute atomic E-state index is 12.2. The van der Waals surface area contributed by atoms with Crippen LogP contribution >= 0.6 is 11.8 Å². The molecular formula is C16H20N2OS. The van der Waals surface area contributed by atoms with Crippen molar-refractivity contribution < 1.29 is 4.79 Å². The molecule has 106 valence electrons. The molecule has 0 radical (unpaired) electrons. The first-order valence-corrected chi connectivity index (χ1v) is 8.06. The van der Waals surface area contributed by atoms with Crippen LogP contribution in [-0.4, -0.2) is 36.7 Å². The standard InChI is InChI=1S/C16H20N2OS/c1-3-10-18-11-8-13(9-12-18)16(19)17-14-4-6-15(20-2)7-5-14/h1,4-7,13H,8-12H2,2H3,(H,17,19). The average Bonchev–Trinajstić information content (AvgIpc) is 2.49. The van der Waals surface area contributed by atoms with Gasteiger partial charge in [0.25, 0.3) is 0 Å². The predicted octanol–water partition coefficient (Wildman–Crippen LogP) is 2.69. The summed E-state index contributed by atoms with van der Waals surface area (Å²) in [6.07, 6.45) is 9.12. The summed E-state index contributed by atoms with van der Waals surface area (Å²) in [5, 5.41) is 3.00. The molecular weight excluding hydrogens is 268 g/mol. The lowest BCUT2D eigenvalue weighted by Gasteiger charge is -2.29. The van der Waals surface area contributed by atoms with E-state index in [1.807, 2.05) is 30.5 Å². The van der Waals surface area contributed by atoms with Gasteiger partial charge < -0.3 is 5.32 Å². The summed E-state index contributed by atoms with van der Waals surface area (Å²) in [4.78, 5) is 15.6. The van der Waals surface area contributed by atoms with E-state index in [9.17, 15) is 4.79 Å². The van der Waals surface area contributed by atoms with E-state index in [1.54, 1.807) is 11.8 Å². The Balaban J connectivity index is 1.84. The van der Waals surface area contributed by atoms with Crippen LogP contribution in [0.25, 0.3) is 0 Å². The summed E-state index contributed by atoms with van der Waals surface area (Å²) in [5.41, 5.74) is 0.874. The van der Waals surface area contributed by atoms with Crippen LogP contribution in [0.2, 0.25) is 0 Å². The summed E-state index contributed by atoms with van der Waals surface area (Å²) in [6.45, 7) is 2.51. The van der Waals surface area contributed by atoms with Gasteiger partial charge in [-0.25, -0.2) is 0 Å². The zero-order valence-electron chi connectivity index (χ0n) is 11.8. The Bertz CT molecular complexity index is 484. The van der Waals surface area contributed by atoms with E-state index in [1.165, 1.54) is 4.90 Å². The third-order valence-electron chi connectivity index (χ3n) is 3.63. The highest BCUT2D eigenvalue weighted by atomic mass is 32.2. The fourth-order valence-electron chi connectivity index (χ4n) is 2.40. The number of likely N-dealkylation sites (tertiary alicyclic amines) is 1. The Morgan fingerprint density at radius 2 is 2.05 bits per heavy atom. The van der Waals surface area contributed by atoms with Crippen LogP contribution in [0.1, 0.15) is 12.8 Å². The number of amides is 1. The molecule has 3 nitrogen and oxygen atoms in total. The molecule has 0 spiro atoms. The molecule has 4 heteroatoms. The number of terminal acetylenes is 1. The van der Waals surface area contributed by atoms with Gasteiger partial charge in [-0.2, -0.15) is 0 Å². The second kappa shape index (κ2) is 7.37. The Morgan fingerprint density at radius 1 is 1.40 bits per heavy atom. The van der Waals surface area contributed by atoms with Crippen molar-refractivity contribution in [3.8, 4) is 12.3 Å². The zero-order valence-corrected chi connectivity index (χ0v) is 12.6. The number of hydrogen-bond acceptors (Lipinski definition) is 3. The Morgan fingerprint density at radius 3 is 2.60 bits per heavy atom. The van der Waals surface area contributed by atoms with Gasteiger partial charge in [-0.3, -0.25) is 9.69 Å². The smallest absolute Gasteiger partial charge is 0.227 e. The highest BCUT2D eigenvalue weighted by Crippen LogP contribution is 2.21. The van der Waals surface area contributed by atoms with Gasteiger partial charge in [-0.05, 0) is 56.5 Å². The van der Waals surface area contributed by atoms with E-state index in [2.05, 4.69) is 16.1 Å². The Labute approximate surface area is 125 Å². The number of rotatable bonds is 4. The third kappa shape index (κ3) is 4.03. The molecule has 1 amide bonds. The number of nitrogens with zero attached hydrogens (tertiary/aromatic N) is 1. The Kier molecular flexibility index (Phi) is 5.51. The lowest BCUT2D eigenvalue weighted by molar-refractivity contribution is -0.121. The van der Waals surface area contributed by atoms with E-state index in [-0.39, 0.29) is 11.8 Å².